The average Bonchev–Trinajstić information content (AvgIpc) is 2.50. The fourth-order valence-electron chi connectivity index (χ4n) is 1.69. The maximum atomic E-state index is 5.80. The minimum absolute atomic E-state index is 0.654. The van der Waals surface area contributed by atoms with Crippen LogP contribution in [0.3, 0.4) is 0 Å². The fourth-order valence-corrected chi connectivity index (χ4v) is 2.89. The SMILES string of the molecule is Clc1ccc(SC2CCCCNC2)nc1. The number of nitrogens with one attached hydrogen (secondary N) is 1. The fraction of sp³-hybridized carbons (Fsp3) is 0.545. The van der Waals surface area contributed by atoms with E-state index >= 15 is 0 Å². The van der Waals surface area contributed by atoms with Crippen molar-refractivity contribution in [3.8, 4) is 0 Å². The number of nitrogens with zero attached hydrogens (tertiary/aromatic N) is 1. The first-order valence-corrected chi connectivity index (χ1v) is 6.59. The second-order valence-electron chi connectivity index (χ2n) is 3.75. The molecular formula is C11H15ClN2S. The monoisotopic (exact) mass is 242 g/mol. The van der Waals surface area contributed by atoms with Gasteiger partial charge in [-0.15, -0.1) is 11.8 Å². The number of thioether (sulfide) groups is 1. The lowest BCUT2D eigenvalue weighted by Crippen LogP contribution is -2.22. The van der Waals surface area contributed by atoms with Crippen molar-refractivity contribution in [1.82, 2.24) is 10.3 Å². The van der Waals surface area contributed by atoms with E-state index in [1.54, 1.807) is 6.20 Å². The van der Waals surface area contributed by atoms with Crippen molar-refractivity contribution in [2.24, 2.45) is 0 Å². The number of aromatic nitrogens is 1. The second-order valence-corrected chi connectivity index (χ2v) is 5.51. The van der Waals surface area contributed by atoms with Crippen molar-refractivity contribution in [2.45, 2.75) is 29.5 Å². The Morgan fingerprint density at radius 1 is 1.40 bits per heavy atom. The highest BCUT2D eigenvalue weighted by atomic mass is 35.5. The molecule has 1 aliphatic rings. The normalized spacial score (nSPS) is 22.3. The molecule has 0 saturated carbocycles. The number of hydrogen-bond acceptors (Lipinski definition) is 3. The molecule has 1 atom stereocenters. The van der Waals surface area contributed by atoms with E-state index in [2.05, 4.69) is 10.3 Å². The molecule has 1 fully saturated rings. The summed E-state index contributed by atoms with van der Waals surface area (Å²) < 4.78 is 0. The van der Waals surface area contributed by atoms with Gasteiger partial charge in [0.15, 0.2) is 0 Å². The van der Waals surface area contributed by atoms with E-state index in [-0.39, 0.29) is 0 Å². The predicted octanol–water partition coefficient (Wildman–Crippen LogP) is 2.97. The summed E-state index contributed by atoms with van der Waals surface area (Å²) in [6.07, 6.45) is 5.61. The Labute approximate surface area is 99.8 Å². The number of hydrogen-bond donors (Lipinski definition) is 1. The molecule has 0 spiro atoms. The van der Waals surface area contributed by atoms with E-state index in [1.165, 1.54) is 19.3 Å². The standard InChI is InChI=1S/C11H15ClN2S/c12-9-4-5-11(14-7-9)15-10-3-1-2-6-13-8-10/h4-5,7,10,13H,1-3,6,8H2. The lowest BCUT2D eigenvalue weighted by molar-refractivity contribution is 0.706. The summed E-state index contributed by atoms with van der Waals surface area (Å²) >= 11 is 7.65. The average molecular weight is 243 g/mol. The lowest BCUT2D eigenvalue weighted by Gasteiger charge is -2.12. The first kappa shape index (κ1) is 11.2. The summed E-state index contributed by atoms with van der Waals surface area (Å²) in [4.78, 5) is 4.31. The van der Waals surface area contributed by atoms with Crippen molar-refractivity contribution in [3.05, 3.63) is 23.4 Å². The van der Waals surface area contributed by atoms with E-state index < -0.39 is 0 Å². The molecule has 82 valence electrons. The Morgan fingerprint density at radius 3 is 3.13 bits per heavy atom. The van der Waals surface area contributed by atoms with Gasteiger partial charge in [0.2, 0.25) is 0 Å². The van der Waals surface area contributed by atoms with Gasteiger partial charge < -0.3 is 5.32 Å². The van der Waals surface area contributed by atoms with Crippen LogP contribution in [0.1, 0.15) is 19.3 Å². The Bertz CT molecular complexity index is 294. The molecule has 0 aromatic carbocycles. The van der Waals surface area contributed by atoms with Crippen molar-refractivity contribution >= 4 is 23.4 Å². The molecule has 2 heterocycles. The van der Waals surface area contributed by atoms with Crippen LogP contribution < -0.4 is 5.32 Å². The molecule has 0 bridgehead atoms. The number of rotatable bonds is 2. The Morgan fingerprint density at radius 2 is 2.33 bits per heavy atom. The van der Waals surface area contributed by atoms with Crippen LogP contribution in [0, 0.1) is 0 Å². The van der Waals surface area contributed by atoms with E-state index in [0.29, 0.717) is 10.3 Å². The zero-order chi connectivity index (χ0) is 10.5. The van der Waals surface area contributed by atoms with E-state index in [9.17, 15) is 0 Å². The molecule has 15 heavy (non-hydrogen) atoms. The van der Waals surface area contributed by atoms with Crippen LogP contribution in [0.25, 0.3) is 0 Å². The van der Waals surface area contributed by atoms with Gasteiger partial charge in [-0.3, -0.25) is 0 Å². The molecule has 0 amide bonds. The molecule has 1 aromatic heterocycles. The first-order chi connectivity index (χ1) is 7.34. The maximum absolute atomic E-state index is 5.80. The number of halogens is 1. The molecule has 1 aromatic rings. The van der Waals surface area contributed by atoms with Crippen LogP contribution in [0.4, 0.5) is 0 Å². The van der Waals surface area contributed by atoms with Crippen LogP contribution in [0.15, 0.2) is 23.4 Å². The van der Waals surface area contributed by atoms with E-state index in [4.69, 9.17) is 11.6 Å². The summed E-state index contributed by atoms with van der Waals surface area (Å²) in [5, 5.41) is 5.89. The number of pyridine rings is 1. The van der Waals surface area contributed by atoms with Gasteiger partial charge in [0.1, 0.15) is 0 Å². The highest BCUT2D eigenvalue weighted by molar-refractivity contribution is 7.99. The topological polar surface area (TPSA) is 24.9 Å². The molecule has 1 saturated heterocycles. The predicted molar refractivity (Wildman–Crippen MR) is 65.6 cm³/mol. The van der Waals surface area contributed by atoms with Gasteiger partial charge in [-0.2, -0.15) is 0 Å². The Kier molecular flexibility index (Phi) is 4.29. The minimum atomic E-state index is 0.654. The zero-order valence-electron chi connectivity index (χ0n) is 8.58. The summed E-state index contributed by atoms with van der Waals surface area (Å²) in [5.41, 5.74) is 0. The maximum Gasteiger partial charge on any atom is 0.0964 e. The Balaban J connectivity index is 1.92. The minimum Gasteiger partial charge on any atom is -0.316 e. The third-order valence-electron chi connectivity index (χ3n) is 2.49. The second kappa shape index (κ2) is 5.73. The molecule has 1 unspecified atom stereocenters. The van der Waals surface area contributed by atoms with Gasteiger partial charge in [-0.1, -0.05) is 18.0 Å². The summed E-state index contributed by atoms with van der Waals surface area (Å²) in [7, 11) is 0. The molecule has 0 radical (unpaired) electrons. The molecule has 1 N–H and O–H groups in total. The van der Waals surface area contributed by atoms with Crippen molar-refractivity contribution in [1.29, 1.82) is 0 Å². The highest BCUT2D eigenvalue weighted by Crippen LogP contribution is 2.26. The van der Waals surface area contributed by atoms with E-state index in [1.807, 2.05) is 23.9 Å². The van der Waals surface area contributed by atoms with Gasteiger partial charge in [0.05, 0.1) is 10.0 Å². The third-order valence-corrected chi connectivity index (χ3v) is 3.93. The van der Waals surface area contributed by atoms with Gasteiger partial charge in [0, 0.05) is 18.0 Å². The van der Waals surface area contributed by atoms with Crippen LogP contribution in [-0.2, 0) is 0 Å². The highest BCUT2D eigenvalue weighted by Gasteiger charge is 2.13. The summed E-state index contributed by atoms with van der Waals surface area (Å²) in [6, 6.07) is 3.90. The van der Waals surface area contributed by atoms with E-state index in [0.717, 1.165) is 18.1 Å². The molecule has 2 rings (SSSR count). The molecule has 1 aliphatic heterocycles. The Hall–Kier alpha value is -0.250. The largest absolute Gasteiger partial charge is 0.316 e. The first-order valence-electron chi connectivity index (χ1n) is 5.33. The molecule has 2 nitrogen and oxygen atoms in total. The summed E-state index contributed by atoms with van der Waals surface area (Å²) in [5.74, 6) is 0. The third kappa shape index (κ3) is 3.67. The van der Waals surface area contributed by atoms with Crippen LogP contribution >= 0.6 is 23.4 Å². The van der Waals surface area contributed by atoms with Gasteiger partial charge in [-0.25, -0.2) is 4.98 Å². The summed E-state index contributed by atoms with van der Waals surface area (Å²) in [6.45, 7) is 2.25. The molecule has 4 heteroatoms. The van der Waals surface area contributed by atoms with Gasteiger partial charge in [-0.05, 0) is 31.5 Å². The zero-order valence-corrected chi connectivity index (χ0v) is 10.2. The van der Waals surface area contributed by atoms with Crippen molar-refractivity contribution in [2.75, 3.05) is 13.1 Å². The van der Waals surface area contributed by atoms with Gasteiger partial charge >= 0.3 is 0 Å². The smallest absolute Gasteiger partial charge is 0.0964 e. The van der Waals surface area contributed by atoms with Crippen molar-refractivity contribution < 1.29 is 0 Å². The van der Waals surface area contributed by atoms with Crippen molar-refractivity contribution in [3.63, 3.8) is 0 Å². The van der Waals surface area contributed by atoms with Crippen LogP contribution in [-0.4, -0.2) is 23.3 Å². The van der Waals surface area contributed by atoms with Gasteiger partial charge in [0.25, 0.3) is 0 Å². The molecule has 0 aliphatic carbocycles. The van der Waals surface area contributed by atoms with Crippen LogP contribution in [0.5, 0.6) is 0 Å². The molecular weight excluding hydrogens is 228 g/mol. The lowest BCUT2D eigenvalue weighted by atomic mass is 10.2. The quantitative estimate of drug-likeness (QED) is 0.863. The van der Waals surface area contributed by atoms with Crippen LogP contribution in [0.2, 0.25) is 5.02 Å².